The monoisotopic (exact) mass is 357 g/mol. The standard InChI is InChI=1S/C18H23N5O3/c19-13-11-2-1-10(26-11)12(13)16(25)23-7-5-18(6-8-23)4-3-9-14(18)21-17(20)22-15(9)24/h1-2,10-13H,3-8,19H2,(H3,20,21,22,24)/t10-,11+,12-,13+/m1/s1. The summed E-state index contributed by atoms with van der Waals surface area (Å²) in [5, 5.41) is 0. The van der Waals surface area contributed by atoms with Gasteiger partial charge in [-0.15, -0.1) is 0 Å². The van der Waals surface area contributed by atoms with Crippen LogP contribution < -0.4 is 17.0 Å². The minimum Gasteiger partial charge on any atom is -0.369 e. The molecule has 2 bridgehead atoms. The second kappa shape index (κ2) is 5.40. The van der Waals surface area contributed by atoms with Gasteiger partial charge < -0.3 is 21.1 Å². The lowest BCUT2D eigenvalue weighted by Gasteiger charge is -2.41. The predicted molar refractivity (Wildman–Crippen MR) is 94.3 cm³/mol. The molecule has 1 aliphatic carbocycles. The summed E-state index contributed by atoms with van der Waals surface area (Å²) in [6.07, 6.45) is 6.80. The predicted octanol–water partition coefficient (Wildman–Crippen LogP) is -0.561. The number of amides is 1. The molecule has 0 radical (unpaired) electrons. The molecule has 0 aromatic carbocycles. The maximum absolute atomic E-state index is 13.0. The fraction of sp³-hybridized carbons (Fsp3) is 0.611. The number of aromatic amines is 1. The van der Waals surface area contributed by atoms with Gasteiger partial charge in [-0.25, -0.2) is 4.98 Å². The Labute approximate surface area is 150 Å². The number of nitrogen functional groups attached to an aromatic ring is 1. The Balaban J connectivity index is 1.34. The van der Waals surface area contributed by atoms with E-state index in [1.165, 1.54) is 0 Å². The van der Waals surface area contributed by atoms with Gasteiger partial charge in [-0.1, -0.05) is 12.2 Å². The van der Waals surface area contributed by atoms with Crippen LogP contribution in [0.4, 0.5) is 5.95 Å². The number of aromatic nitrogens is 2. The smallest absolute Gasteiger partial charge is 0.255 e. The van der Waals surface area contributed by atoms with Crippen LogP contribution in [-0.4, -0.2) is 52.1 Å². The van der Waals surface area contributed by atoms with E-state index < -0.39 is 0 Å². The van der Waals surface area contributed by atoms with Gasteiger partial charge in [0, 0.05) is 30.1 Å². The maximum Gasteiger partial charge on any atom is 0.255 e. The number of piperidine rings is 1. The van der Waals surface area contributed by atoms with Gasteiger partial charge in [0.1, 0.15) is 0 Å². The van der Waals surface area contributed by atoms with E-state index in [1.807, 2.05) is 17.1 Å². The van der Waals surface area contributed by atoms with Crippen LogP contribution in [0.5, 0.6) is 0 Å². The fourth-order valence-electron chi connectivity index (χ4n) is 5.16. The zero-order valence-corrected chi connectivity index (χ0v) is 14.5. The molecule has 4 heterocycles. The number of hydrogen-bond donors (Lipinski definition) is 3. The average Bonchev–Trinajstić information content (AvgIpc) is 3.30. The molecule has 2 saturated heterocycles. The topological polar surface area (TPSA) is 127 Å². The third-order valence-corrected chi connectivity index (χ3v) is 6.66. The molecular formula is C18H23N5O3. The van der Waals surface area contributed by atoms with Gasteiger partial charge >= 0.3 is 0 Å². The SMILES string of the molecule is Nc1nc2c(c(=O)[nH]1)CCC21CCN(C(=O)[C@H]2[C@@H](N)[C@@H]3C=C[C@H]2O3)CC1. The summed E-state index contributed by atoms with van der Waals surface area (Å²) < 4.78 is 5.73. The molecule has 0 unspecified atom stereocenters. The minimum atomic E-state index is -0.286. The summed E-state index contributed by atoms with van der Waals surface area (Å²) in [6, 6.07) is -0.263. The van der Waals surface area contributed by atoms with Crippen LogP contribution in [0.3, 0.4) is 0 Å². The van der Waals surface area contributed by atoms with Crippen molar-refractivity contribution in [3.63, 3.8) is 0 Å². The number of likely N-dealkylation sites (tertiary alicyclic amines) is 1. The van der Waals surface area contributed by atoms with Crippen molar-refractivity contribution in [2.45, 2.75) is 49.3 Å². The first-order valence-corrected chi connectivity index (χ1v) is 9.26. The van der Waals surface area contributed by atoms with Crippen LogP contribution >= 0.6 is 0 Å². The number of hydrogen-bond acceptors (Lipinski definition) is 6. The number of rotatable bonds is 1. The zero-order valence-electron chi connectivity index (χ0n) is 14.5. The van der Waals surface area contributed by atoms with Crippen LogP contribution in [0, 0.1) is 5.92 Å². The fourth-order valence-corrected chi connectivity index (χ4v) is 5.16. The van der Waals surface area contributed by atoms with E-state index in [-0.39, 0.29) is 47.0 Å². The molecule has 1 aromatic heterocycles. The first-order chi connectivity index (χ1) is 12.5. The van der Waals surface area contributed by atoms with Gasteiger partial charge in [0.25, 0.3) is 5.56 Å². The van der Waals surface area contributed by atoms with E-state index in [1.54, 1.807) is 0 Å². The zero-order chi connectivity index (χ0) is 18.1. The highest BCUT2D eigenvalue weighted by Gasteiger charge is 2.51. The molecule has 8 nitrogen and oxygen atoms in total. The van der Waals surface area contributed by atoms with Gasteiger partial charge in [0.2, 0.25) is 11.9 Å². The van der Waals surface area contributed by atoms with E-state index in [9.17, 15) is 9.59 Å². The van der Waals surface area contributed by atoms with Gasteiger partial charge in [0.15, 0.2) is 0 Å². The number of ether oxygens (including phenoxy) is 1. The molecule has 1 amide bonds. The number of fused-ring (bicyclic) bond motifs is 4. The second-order valence-corrected chi connectivity index (χ2v) is 7.94. The number of nitrogens with two attached hydrogens (primary N) is 2. The van der Waals surface area contributed by atoms with Crippen molar-refractivity contribution in [1.82, 2.24) is 14.9 Å². The number of anilines is 1. The summed E-state index contributed by atoms with van der Waals surface area (Å²) in [5.41, 5.74) is 13.3. The van der Waals surface area contributed by atoms with Gasteiger partial charge in [-0.2, -0.15) is 0 Å². The Kier molecular flexibility index (Phi) is 3.33. The number of carbonyl (C=O) groups is 1. The molecule has 5 N–H and O–H groups in total. The summed E-state index contributed by atoms with van der Waals surface area (Å²) in [5.74, 6) is -0.0299. The summed E-state index contributed by atoms with van der Waals surface area (Å²) >= 11 is 0. The number of H-pyrrole nitrogens is 1. The van der Waals surface area contributed by atoms with Crippen molar-refractivity contribution >= 4 is 11.9 Å². The molecule has 5 rings (SSSR count). The molecule has 0 saturated carbocycles. The molecule has 26 heavy (non-hydrogen) atoms. The Morgan fingerprint density at radius 3 is 2.69 bits per heavy atom. The van der Waals surface area contributed by atoms with Crippen LogP contribution in [0.2, 0.25) is 0 Å². The Hall–Kier alpha value is -2.19. The highest BCUT2D eigenvalue weighted by atomic mass is 16.5. The Morgan fingerprint density at radius 1 is 1.27 bits per heavy atom. The number of nitrogens with one attached hydrogen (secondary N) is 1. The molecule has 4 atom stereocenters. The van der Waals surface area contributed by atoms with Crippen LogP contribution in [0.15, 0.2) is 16.9 Å². The van der Waals surface area contributed by atoms with Crippen molar-refractivity contribution in [3.05, 3.63) is 33.8 Å². The van der Waals surface area contributed by atoms with Gasteiger partial charge in [-0.3, -0.25) is 14.6 Å². The summed E-state index contributed by atoms with van der Waals surface area (Å²) in [4.78, 5) is 34.1. The van der Waals surface area contributed by atoms with Crippen molar-refractivity contribution in [1.29, 1.82) is 0 Å². The average molecular weight is 357 g/mol. The maximum atomic E-state index is 13.0. The first kappa shape index (κ1) is 16.0. The number of nitrogens with zero attached hydrogens (tertiary/aromatic N) is 2. The minimum absolute atomic E-state index is 0.0841. The van der Waals surface area contributed by atoms with Crippen molar-refractivity contribution < 1.29 is 9.53 Å². The lowest BCUT2D eigenvalue weighted by atomic mass is 9.75. The van der Waals surface area contributed by atoms with E-state index in [0.717, 1.165) is 36.9 Å². The normalized spacial score (nSPS) is 33.8. The highest BCUT2D eigenvalue weighted by Crippen LogP contribution is 2.45. The van der Waals surface area contributed by atoms with Crippen molar-refractivity contribution in [2.24, 2.45) is 11.7 Å². The first-order valence-electron chi connectivity index (χ1n) is 9.26. The summed E-state index contributed by atoms with van der Waals surface area (Å²) in [6.45, 7) is 1.30. The van der Waals surface area contributed by atoms with E-state index in [2.05, 4.69) is 9.97 Å². The van der Waals surface area contributed by atoms with Crippen LogP contribution in [-0.2, 0) is 21.4 Å². The third-order valence-electron chi connectivity index (χ3n) is 6.66. The molecule has 138 valence electrons. The van der Waals surface area contributed by atoms with Crippen LogP contribution in [0.25, 0.3) is 0 Å². The highest BCUT2D eigenvalue weighted by molar-refractivity contribution is 5.81. The van der Waals surface area contributed by atoms with Crippen molar-refractivity contribution in [2.75, 3.05) is 18.8 Å². The van der Waals surface area contributed by atoms with E-state index in [4.69, 9.17) is 16.2 Å². The molecule has 1 spiro atoms. The molecular weight excluding hydrogens is 334 g/mol. The third kappa shape index (κ3) is 2.12. The quantitative estimate of drug-likeness (QED) is 0.578. The van der Waals surface area contributed by atoms with Crippen LogP contribution in [0.1, 0.15) is 30.5 Å². The molecule has 2 fully saturated rings. The molecule has 1 aromatic rings. The largest absolute Gasteiger partial charge is 0.369 e. The van der Waals surface area contributed by atoms with E-state index in [0.29, 0.717) is 13.1 Å². The lowest BCUT2D eigenvalue weighted by molar-refractivity contribution is -0.138. The molecule has 3 aliphatic heterocycles. The number of carbonyl (C=O) groups excluding carboxylic acids is 1. The van der Waals surface area contributed by atoms with Crippen molar-refractivity contribution in [3.8, 4) is 0 Å². The molecule has 8 heteroatoms. The molecule has 4 aliphatic rings. The summed E-state index contributed by atoms with van der Waals surface area (Å²) in [7, 11) is 0. The Morgan fingerprint density at radius 2 is 2.00 bits per heavy atom. The lowest BCUT2D eigenvalue weighted by Crippen LogP contribution is -2.52. The van der Waals surface area contributed by atoms with Gasteiger partial charge in [-0.05, 0) is 25.7 Å². The van der Waals surface area contributed by atoms with E-state index >= 15 is 0 Å². The Bertz CT molecular complexity index is 855. The van der Waals surface area contributed by atoms with Gasteiger partial charge in [0.05, 0.1) is 23.8 Å². The second-order valence-electron chi connectivity index (χ2n) is 7.94.